The molecular formula is C20H33N5O11. The number of carboxylic acid groups (broad SMARTS) is 5. The van der Waals surface area contributed by atoms with Crippen LogP contribution in [-0.4, -0.2) is 159 Å². The van der Waals surface area contributed by atoms with Crippen LogP contribution < -0.4 is 5.32 Å². The lowest BCUT2D eigenvalue weighted by molar-refractivity contribution is -0.145. The molecule has 2 amide bonds. The summed E-state index contributed by atoms with van der Waals surface area (Å²) in [6.07, 6.45) is -2.18. The number of nitrogens with zero attached hydrogens (tertiary/aromatic N) is 4. The van der Waals surface area contributed by atoms with E-state index in [4.69, 9.17) is 5.11 Å². The average Bonchev–Trinajstić information content (AvgIpc) is 2.73. The van der Waals surface area contributed by atoms with E-state index in [1.54, 1.807) is 10.2 Å². The van der Waals surface area contributed by atoms with Crippen molar-refractivity contribution < 1.29 is 54.3 Å². The fourth-order valence-electron chi connectivity index (χ4n) is 3.82. The second kappa shape index (κ2) is 15.6. The van der Waals surface area contributed by atoms with Crippen molar-refractivity contribution in [1.29, 1.82) is 0 Å². The van der Waals surface area contributed by atoms with Crippen LogP contribution in [0.2, 0.25) is 0 Å². The summed E-state index contributed by atoms with van der Waals surface area (Å²) in [5.41, 5.74) is 0. The van der Waals surface area contributed by atoms with Gasteiger partial charge in [-0.1, -0.05) is 0 Å². The molecule has 1 heterocycles. The molecule has 1 aliphatic rings. The normalized spacial score (nSPS) is 18.3. The number of nitrogens with one attached hydrogen (secondary N) is 1. The molecule has 0 aromatic rings. The van der Waals surface area contributed by atoms with E-state index >= 15 is 0 Å². The third-order valence-corrected chi connectivity index (χ3v) is 5.57. The minimum Gasteiger partial charge on any atom is -0.480 e. The van der Waals surface area contributed by atoms with Crippen LogP contribution in [0.25, 0.3) is 0 Å². The molecule has 16 nitrogen and oxygen atoms in total. The van der Waals surface area contributed by atoms with Crippen LogP contribution in [0.15, 0.2) is 0 Å². The number of hydrogen-bond donors (Lipinski definition) is 6. The Kier molecular flexibility index (Phi) is 13.3. The Bertz CT molecular complexity index is 777. The molecule has 0 aromatic carbocycles. The summed E-state index contributed by atoms with van der Waals surface area (Å²) < 4.78 is 0. The van der Waals surface area contributed by atoms with Crippen molar-refractivity contribution in [1.82, 2.24) is 24.9 Å². The van der Waals surface area contributed by atoms with Crippen LogP contribution in [0.5, 0.6) is 0 Å². The Morgan fingerprint density at radius 3 is 1.28 bits per heavy atom. The molecule has 0 radical (unpaired) electrons. The summed E-state index contributed by atoms with van der Waals surface area (Å²) in [5.74, 6) is -5.47. The van der Waals surface area contributed by atoms with Crippen molar-refractivity contribution in [2.24, 2.45) is 0 Å². The highest BCUT2D eigenvalue weighted by atomic mass is 16.4. The van der Waals surface area contributed by atoms with Gasteiger partial charge in [-0.15, -0.1) is 0 Å². The Balaban J connectivity index is 3.11. The zero-order valence-electron chi connectivity index (χ0n) is 19.7. The molecule has 0 spiro atoms. The van der Waals surface area contributed by atoms with Gasteiger partial charge in [0.25, 0.3) is 0 Å². The van der Waals surface area contributed by atoms with Gasteiger partial charge in [0.2, 0.25) is 5.91 Å². The lowest BCUT2D eigenvalue weighted by Crippen LogP contribution is -2.52. The predicted octanol–water partition coefficient (Wildman–Crippen LogP) is -2.51. The fraction of sp³-hybridized carbons (Fsp3) is 0.700. The summed E-state index contributed by atoms with van der Waals surface area (Å²) in [5, 5.41) is 47.8. The average molecular weight is 520 g/mol. The Labute approximate surface area is 206 Å². The van der Waals surface area contributed by atoms with Gasteiger partial charge in [0.15, 0.2) is 0 Å². The lowest BCUT2D eigenvalue weighted by Gasteiger charge is -2.35. The van der Waals surface area contributed by atoms with Gasteiger partial charge in [0.05, 0.1) is 19.6 Å². The van der Waals surface area contributed by atoms with Gasteiger partial charge < -0.3 is 25.5 Å². The highest BCUT2D eigenvalue weighted by Gasteiger charge is 2.28. The second-order valence-electron chi connectivity index (χ2n) is 8.29. The third kappa shape index (κ3) is 12.9. The third-order valence-electron chi connectivity index (χ3n) is 5.57. The summed E-state index contributed by atoms with van der Waals surface area (Å²) >= 11 is 0. The number of carbonyl (C=O) groups excluding carboxylic acids is 1. The quantitative estimate of drug-likeness (QED) is 0.166. The maximum atomic E-state index is 12.0. The van der Waals surface area contributed by atoms with Crippen LogP contribution >= 0.6 is 0 Å². The molecule has 0 bridgehead atoms. The standard InChI is InChI=1S/C20H33N5O11/c26-15(21-20(35)36)2-1-14(19(33)34)25-9-7-23(12-17(29)30)5-3-22(11-16(27)28)4-6-24(8-10-25)13-18(31)32/h14H,1-13H2,(H,21,26)(H,27,28)(H,29,30)(H,31,32)(H,33,34)(H,35,36). The highest BCUT2D eigenvalue weighted by Crippen LogP contribution is 2.10. The second-order valence-corrected chi connectivity index (χ2v) is 8.29. The summed E-state index contributed by atoms with van der Waals surface area (Å²) in [7, 11) is 0. The summed E-state index contributed by atoms with van der Waals surface area (Å²) in [4.78, 5) is 74.4. The first-order valence-electron chi connectivity index (χ1n) is 11.2. The van der Waals surface area contributed by atoms with Crippen molar-refractivity contribution in [3.8, 4) is 0 Å². The van der Waals surface area contributed by atoms with Crippen molar-refractivity contribution in [3.05, 3.63) is 0 Å². The fourth-order valence-corrected chi connectivity index (χ4v) is 3.82. The number of aliphatic carboxylic acids is 4. The lowest BCUT2D eigenvalue weighted by atomic mass is 10.1. The molecule has 1 rings (SSSR count). The van der Waals surface area contributed by atoms with Crippen LogP contribution in [0.3, 0.4) is 0 Å². The van der Waals surface area contributed by atoms with Gasteiger partial charge in [0.1, 0.15) is 6.04 Å². The zero-order chi connectivity index (χ0) is 27.3. The Hall–Kier alpha value is -3.34. The molecule has 1 unspecified atom stereocenters. The highest BCUT2D eigenvalue weighted by molar-refractivity contribution is 5.91. The van der Waals surface area contributed by atoms with Crippen LogP contribution in [0.1, 0.15) is 12.8 Å². The first kappa shape index (κ1) is 30.7. The zero-order valence-corrected chi connectivity index (χ0v) is 19.7. The Morgan fingerprint density at radius 2 is 0.972 bits per heavy atom. The Morgan fingerprint density at radius 1 is 0.611 bits per heavy atom. The maximum absolute atomic E-state index is 12.0. The largest absolute Gasteiger partial charge is 0.480 e. The first-order chi connectivity index (χ1) is 16.9. The summed E-state index contributed by atoms with van der Waals surface area (Å²) in [6.45, 7) is 0.0289. The number of hydrogen-bond acceptors (Lipinski definition) is 10. The molecule has 1 saturated heterocycles. The van der Waals surface area contributed by atoms with Gasteiger partial charge in [-0.05, 0) is 6.42 Å². The molecule has 6 N–H and O–H groups in total. The molecule has 36 heavy (non-hydrogen) atoms. The molecule has 0 saturated carbocycles. The van der Waals surface area contributed by atoms with Gasteiger partial charge >= 0.3 is 30.0 Å². The van der Waals surface area contributed by atoms with Gasteiger partial charge in [-0.2, -0.15) is 0 Å². The monoisotopic (exact) mass is 519 g/mol. The van der Waals surface area contributed by atoms with Crippen molar-refractivity contribution in [2.45, 2.75) is 18.9 Å². The molecular weight excluding hydrogens is 486 g/mol. The van der Waals surface area contributed by atoms with Gasteiger partial charge in [0, 0.05) is 58.8 Å². The molecule has 204 valence electrons. The van der Waals surface area contributed by atoms with E-state index in [0.717, 1.165) is 0 Å². The van der Waals surface area contributed by atoms with E-state index in [1.807, 2.05) is 0 Å². The number of rotatable bonds is 11. The molecule has 1 fully saturated rings. The number of amides is 2. The van der Waals surface area contributed by atoms with Crippen molar-refractivity contribution >= 4 is 35.9 Å². The topological polar surface area (TPSA) is 229 Å². The van der Waals surface area contributed by atoms with Crippen molar-refractivity contribution in [2.75, 3.05) is 72.0 Å². The first-order valence-corrected chi connectivity index (χ1v) is 11.2. The van der Waals surface area contributed by atoms with E-state index in [1.165, 1.54) is 14.7 Å². The van der Waals surface area contributed by atoms with E-state index in [9.17, 15) is 49.2 Å². The van der Waals surface area contributed by atoms with Gasteiger partial charge in [-0.3, -0.25) is 48.9 Å². The molecule has 1 atom stereocenters. The van der Waals surface area contributed by atoms with Crippen molar-refractivity contribution in [3.63, 3.8) is 0 Å². The minimum absolute atomic E-state index is 0.0602. The summed E-state index contributed by atoms with van der Waals surface area (Å²) in [6, 6.07) is -1.21. The molecule has 1 aliphatic heterocycles. The van der Waals surface area contributed by atoms with Crippen LogP contribution in [0.4, 0.5) is 4.79 Å². The van der Waals surface area contributed by atoms with E-state index < -0.39 is 41.9 Å². The smallest absolute Gasteiger partial charge is 0.411 e. The maximum Gasteiger partial charge on any atom is 0.411 e. The van der Waals surface area contributed by atoms with E-state index in [-0.39, 0.29) is 84.8 Å². The number of carbonyl (C=O) groups is 6. The number of imide groups is 1. The van der Waals surface area contributed by atoms with E-state index in [2.05, 4.69) is 0 Å². The number of carboxylic acids is 4. The van der Waals surface area contributed by atoms with Gasteiger partial charge in [-0.25, -0.2) is 4.79 Å². The molecule has 0 aliphatic carbocycles. The molecule has 0 aromatic heterocycles. The van der Waals surface area contributed by atoms with Crippen LogP contribution in [0, 0.1) is 0 Å². The van der Waals surface area contributed by atoms with Crippen LogP contribution in [-0.2, 0) is 24.0 Å². The minimum atomic E-state index is -1.57. The predicted molar refractivity (Wildman–Crippen MR) is 121 cm³/mol. The molecule has 16 heteroatoms. The SMILES string of the molecule is O=C(O)CN1CCN(CC(=O)O)CCN(C(CCC(=O)NC(=O)O)C(=O)O)CCN(CC(=O)O)CC1. The van der Waals surface area contributed by atoms with E-state index in [0.29, 0.717) is 0 Å².